The highest BCUT2D eigenvalue weighted by atomic mass is 32.2. The molecule has 2 aromatic carbocycles. The minimum Gasteiger partial charge on any atom is -0.481 e. The monoisotopic (exact) mass is 618 g/mol. The smallest absolute Gasteiger partial charge is 0.254 e. The number of benzene rings is 2. The lowest BCUT2D eigenvalue weighted by Gasteiger charge is -2.24. The summed E-state index contributed by atoms with van der Waals surface area (Å²) in [4.78, 5) is 37.5. The van der Waals surface area contributed by atoms with Gasteiger partial charge in [-0.25, -0.2) is 18.4 Å². The van der Waals surface area contributed by atoms with E-state index in [1.165, 1.54) is 22.3 Å². The SMILES string of the molecule is COc1cc(-c2cccc(-c3csc(NC(=O)[C@@H]4CCCN4C(=O)c4ccc5c(c4)S(=O)(=O)CCOC5)n3)c2)cc(C)n1. The van der Waals surface area contributed by atoms with Gasteiger partial charge in [0.1, 0.15) is 6.04 Å². The average Bonchev–Trinajstić information content (AvgIpc) is 3.66. The molecule has 2 aliphatic rings. The molecule has 12 heteroatoms. The summed E-state index contributed by atoms with van der Waals surface area (Å²) < 4.78 is 36.1. The molecule has 1 saturated heterocycles. The number of nitrogens with zero attached hydrogens (tertiary/aromatic N) is 3. The van der Waals surface area contributed by atoms with Crippen LogP contribution in [-0.4, -0.2) is 67.2 Å². The quantitative estimate of drug-likeness (QED) is 0.328. The predicted molar refractivity (Wildman–Crippen MR) is 163 cm³/mol. The fraction of sp³-hybridized carbons (Fsp3) is 0.290. The van der Waals surface area contributed by atoms with Gasteiger partial charge in [-0.1, -0.05) is 24.3 Å². The van der Waals surface area contributed by atoms with Crippen LogP contribution in [0, 0.1) is 6.92 Å². The van der Waals surface area contributed by atoms with Crippen molar-refractivity contribution >= 4 is 38.1 Å². The van der Waals surface area contributed by atoms with E-state index < -0.39 is 15.9 Å². The number of aromatic nitrogens is 2. The molecule has 2 aromatic heterocycles. The van der Waals surface area contributed by atoms with E-state index in [-0.39, 0.29) is 41.2 Å². The second-order valence-corrected chi connectivity index (χ2v) is 13.4. The number of hydrogen-bond donors (Lipinski definition) is 1. The van der Waals surface area contributed by atoms with Crippen molar-refractivity contribution in [3.05, 3.63) is 76.8 Å². The minimum atomic E-state index is -3.56. The van der Waals surface area contributed by atoms with Crippen LogP contribution in [0.4, 0.5) is 5.13 Å². The summed E-state index contributed by atoms with van der Waals surface area (Å²) in [6.45, 7) is 2.60. The van der Waals surface area contributed by atoms with Crippen LogP contribution in [0.25, 0.3) is 22.4 Å². The van der Waals surface area contributed by atoms with Crippen molar-refractivity contribution in [1.82, 2.24) is 14.9 Å². The Labute approximate surface area is 253 Å². The molecule has 43 heavy (non-hydrogen) atoms. The zero-order valence-electron chi connectivity index (χ0n) is 23.7. The lowest BCUT2D eigenvalue weighted by atomic mass is 10.0. The van der Waals surface area contributed by atoms with E-state index in [0.717, 1.165) is 28.1 Å². The third-order valence-corrected chi connectivity index (χ3v) is 10.1. The van der Waals surface area contributed by atoms with Crippen LogP contribution in [0.2, 0.25) is 0 Å². The van der Waals surface area contributed by atoms with E-state index in [9.17, 15) is 18.0 Å². The van der Waals surface area contributed by atoms with Crippen LogP contribution < -0.4 is 10.1 Å². The van der Waals surface area contributed by atoms with E-state index in [1.54, 1.807) is 19.2 Å². The van der Waals surface area contributed by atoms with Gasteiger partial charge in [0.15, 0.2) is 15.0 Å². The standard InChI is InChI=1S/C31H30N4O6S2/c1-19-13-24(16-28(32-19)40-2)20-5-3-6-21(14-20)25-18-42-31(33-25)34-29(36)26-7-4-10-35(26)30(37)22-8-9-23-17-41-11-12-43(38,39)27(23)15-22/h3,5-6,8-9,13-16,18,26H,4,7,10-12,17H2,1-2H3,(H,33,34,36)/t26-/m0/s1. The number of carbonyl (C=O) groups is 2. The van der Waals surface area contributed by atoms with Gasteiger partial charge in [0.25, 0.3) is 5.91 Å². The number of carbonyl (C=O) groups excluding carboxylic acids is 2. The number of likely N-dealkylation sites (tertiary alicyclic amines) is 1. The first-order chi connectivity index (χ1) is 20.7. The first-order valence-corrected chi connectivity index (χ1v) is 16.4. The molecule has 0 radical (unpaired) electrons. The summed E-state index contributed by atoms with van der Waals surface area (Å²) in [5, 5.41) is 5.20. The normalized spacial score (nSPS) is 17.6. The van der Waals surface area contributed by atoms with Crippen molar-refractivity contribution in [2.24, 2.45) is 0 Å². The van der Waals surface area contributed by atoms with Gasteiger partial charge in [0.2, 0.25) is 11.8 Å². The van der Waals surface area contributed by atoms with Gasteiger partial charge in [0.05, 0.1) is 36.7 Å². The molecule has 4 aromatic rings. The Kier molecular flexibility index (Phi) is 7.99. The van der Waals surface area contributed by atoms with Crippen LogP contribution >= 0.6 is 11.3 Å². The number of thiazole rings is 1. The fourth-order valence-electron chi connectivity index (χ4n) is 5.43. The summed E-state index contributed by atoms with van der Waals surface area (Å²) in [7, 11) is -1.97. The van der Waals surface area contributed by atoms with Crippen molar-refractivity contribution in [2.75, 3.05) is 31.3 Å². The molecule has 1 atom stereocenters. The maximum Gasteiger partial charge on any atom is 0.254 e. The summed E-state index contributed by atoms with van der Waals surface area (Å²) in [5.41, 5.74) is 5.19. The van der Waals surface area contributed by atoms with Gasteiger partial charge in [0, 0.05) is 34.8 Å². The molecule has 0 aliphatic carbocycles. The number of hydrogen-bond acceptors (Lipinski definition) is 9. The Morgan fingerprint density at radius 2 is 1.91 bits per heavy atom. The van der Waals surface area contributed by atoms with Gasteiger partial charge in [-0.2, -0.15) is 0 Å². The predicted octanol–water partition coefficient (Wildman–Crippen LogP) is 4.74. The molecule has 6 rings (SSSR count). The topological polar surface area (TPSA) is 128 Å². The van der Waals surface area contributed by atoms with Gasteiger partial charge < -0.3 is 19.7 Å². The average molecular weight is 619 g/mol. The first kappa shape index (κ1) is 29.0. The number of amides is 2. The Morgan fingerprint density at radius 1 is 1.07 bits per heavy atom. The van der Waals surface area contributed by atoms with Gasteiger partial charge >= 0.3 is 0 Å². The molecule has 0 unspecified atom stereocenters. The van der Waals surface area contributed by atoms with Gasteiger partial charge in [-0.15, -0.1) is 11.3 Å². The van der Waals surface area contributed by atoms with E-state index in [0.29, 0.717) is 36.0 Å². The second kappa shape index (κ2) is 11.9. The van der Waals surface area contributed by atoms with Crippen LogP contribution in [-0.2, 0) is 26.0 Å². The zero-order chi connectivity index (χ0) is 30.1. The van der Waals surface area contributed by atoms with Gasteiger partial charge in [-0.05, 0) is 60.7 Å². The molecule has 0 spiro atoms. The number of methoxy groups -OCH3 is 1. The van der Waals surface area contributed by atoms with E-state index >= 15 is 0 Å². The lowest BCUT2D eigenvalue weighted by Crippen LogP contribution is -2.43. The Morgan fingerprint density at radius 3 is 2.74 bits per heavy atom. The van der Waals surface area contributed by atoms with E-state index in [4.69, 9.17) is 9.47 Å². The van der Waals surface area contributed by atoms with Crippen LogP contribution in [0.5, 0.6) is 5.88 Å². The second-order valence-electron chi connectivity index (χ2n) is 10.5. The number of pyridine rings is 1. The van der Waals surface area contributed by atoms with E-state index in [1.807, 2.05) is 48.7 Å². The highest BCUT2D eigenvalue weighted by Gasteiger charge is 2.35. The lowest BCUT2D eigenvalue weighted by molar-refractivity contribution is -0.119. The number of fused-ring (bicyclic) bond motifs is 1. The van der Waals surface area contributed by atoms with Crippen LogP contribution in [0.1, 0.15) is 34.5 Å². The first-order valence-electron chi connectivity index (χ1n) is 13.9. The summed E-state index contributed by atoms with van der Waals surface area (Å²) in [6, 6.07) is 15.8. The molecule has 1 N–H and O–H groups in total. The van der Waals surface area contributed by atoms with Crippen molar-refractivity contribution in [1.29, 1.82) is 0 Å². The molecule has 0 saturated carbocycles. The maximum atomic E-state index is 13.5. The van der Waals surface area contributed by atoms with Gasteiger partial charge in [-0.3, -0.25) is 9.59 Å². The van der Waals surface area contributed by atoms with Crippen molar-refractivity contribution in [3.8, 4) is 28.3 Å². The number of rotatable bonds is 6. The Balaban J connectivity index is 1.18. The Bertz CT molecular complexity index is 1820. The largest absolute Gasteiger partial charge is 0.481 e. The fourth-order valence-corrected chi connectivity index (χ4v) is 7.54. The van der Waals surface area contributed by atoms with Crippen LogP contribution in [0.15, 0.2) is 64.9 Å². The molecule has 10 nitrogen and oxygen atoms in total. The molecular formula is C31H30N4O6S2. The molecule has 2 aliphatic heterocycles. The molecule has 0 bridgehead atoms. The highest BCUT2D eigenvalue weighted by molar-refractivity contribution is 7.91. The summed E-state index contributed by atoms with van der Waals surface area (Å²) in [5.74, 6) is -0.291. The number of sulfone groups is 1. The Hall–Kier alpha value is -4.13. The zero-order valence-corrected chi connectivity index (χ0v) is 25.3. The summed E-state index contributed by atoms with van der Waals surface area (Å²) >= 11 is 1.31. The number of ether oxygens (including phenoxy) is 2. The number of aryl methyl sites for hydroxylation is 1. The number of anilines is 1. The van der Waals surface area contributed by atoms with Crippen molar-refractivity contribution in [3.63, 3.8) is 0 Å². The molecule has 222 valence electrons. The van der Waals surface area contributed by atoms with E-state index in [2.05, 4.69) is 15.3 Å². The molecule has 1 fully saturated rings. The minimum absolute atomic E-state index is 0.109. The summed E-state index contributed by atoms with van der Waals surface area (Å²) in [6.07, 6.45) is 1.17. The van der Waals surface area contributed by atoms with Crippen LogP contribution in [0.3, 0.4) is 0 Å². The molecular weight excluding hydrogens is 588 g/mol. The van der Waals surface area contributed by atoms with Crippen molar-refractivity contribution in [2.45, 2.75) is 37.3 Å². The molecule has 2 amide bonds. The number of nitrogens with one attached hydrogen (secondary N) is 1. The third-order valence-electron chi connectivity index (χ3n) is 7.58. The highest BCUT2D eigenvalue weighted by Crippen LogP contribution is 2.31. The third kappa shape index (κ3) is 6.03. The molecule has 4 heterocycles. The van der Waals surface area contributed by atoms with Crippen molar-refractivity contribution < 1.29 is 27.5 Å². The maximum absolute atomic E-state index is 13.5.